The van der Waals surface area contributed by atoms with E-state index in [0.29, 0.717) is 31.7 Å². The summed E-state index contributed by atoms with van der Waals surface area (Å²) in [6.07, 6.45) is 0. The summed E-state index contributed by atoms with van der Waals surface area (Å²) in [5, 5.41) is 2.91. The molecule has 1 aliphatic rings. The van der Waals surface area contributed by atoms with E-state index >= 15 is 0 Å². The maximum absolute atomic E-state index is 13.9. The highest BCUT2D eigenvalue weighted by Crippen LogP contribution is 2.21. The Morgan fingerprint density at radius 1 is 0.839 bits per heavy atom. The second-order valence-corrected chi connectivity index (χ2v) is 7.63. The lowest BCUT2D eigenvalue weighted by atomic mass is 10.1. The van der Waals surface area contributed by atoms with Crippen molar-refractivity contribution < 1.29 is 14.0 Å². The second-order valence-electron chi connectivity index (χ2n) is 7.63. The van der Waals surface area contributed by atoms with Gasteiger partial charge in [0.2, 0.25) is 0 Å². The molecule has 1 heterocycles. The lowest BCUT2D eigenvalue weighted by Crippen LogP contribution is -2.49. The number of amides is 2. The number of nitrogens with one attached hydrogen (secondary N) is 1. The van der Waals surface area contributed by atoms with Crippen molar-refractivity contribution in [2.24, 2.45) is 0 Å². The highest BCUT2D eigenvalue weighted by Gasteiger charge is 2.24. The van der Waals surface area contributed by atoms with Crippen LogP contribution in [0.2, 0.25) is 0 Å². The van der Waals surface area contributed by atoms with Gasteiger partial charge >= 0.3 is 0 Å². The van der Waals surface area contributed by atoms with Crippen molar-refractivity contribution in [3.8, 4) is 0 Å². The first-order valence-electron chi connectivity index (χ1n) is 10.3. The lowest BCUT2D eigenvalue weighted by Gasteiger charge is -2.36. The number of halogens is 1. The molecule has 0 unspecified atom stereocenters. The molecule has 1 aliphatic heterocycles. The van der Waals surface area contributed by atoms with Gasteiger partial charge in [0.1, 0.15) is 5.82 Å². The molecule has 0 aliphatic carbocycles. The minimum atomic E-state index is -0.488. The number of anilines is 2. The Balaban J connectivity index is 1.34. The Morgan fingerprint density at radius 3 is 2.13 bits per heavy atom. The van der Waals surface area contributed by atoms with Gasteiger partial charge < -0.3 is 15.1 Å². The van der Waals surface area contributed by atoms with Crippen molar-refractivity contribution in [1.82, 2.24) is 4.90 Å². The van der Waals surface area contributed by atoms with Gasteiger partial charge in [-0.1, -0.05) is 29.8 Å². The van der Waals surface area contributed by atoms with Crippen LogP contribution >= 0.6 is 0 Å². The SMILES string of the molecule is Cc1ccc(C(=O)Nc2ccc(N3CCN(C(=O)c4ccccc4F)CC3)cc2)cc1. The van der Waals surface area contributed by atoms with Crippen LogP contribution in [0, 0.1) is 12.7 Å². The molecule has 5 nitrogen and oxygen atoms in total. The fraction of sp³-hybridized carbons (Fsp3) is 0.200. The average Bonchev–Trinajstić information content (AvgIpc) is 2.80. The maximum Gasteiger partial charge on any atom is 0.256 e. The van der Waals surface area contributed by atoms with Crippen molar-refractivity contribution in [2.75, 3.05) is 36.4 Å². The summed E-state index contributed by atoms with van der Waals surface area (Å²) in [6, 6.07) is 21.2. The molecule has 3 aromatic rings. The van der Waals surface area contributed by atoms with Crippen molar-refractivity contribution in [1.29, 1.82) is 0 Å². The monoisotopic (exact) mass is 417 g/mol. The zero-order valence-corrected chi connectivity index (χ0v) is 17.3. The van der Waals surface area contributed by atoms with Crippen LogP contribution in [0.3, 0.4) is 0 Å². The number of aryl methyl sites for hydroxylation is 1. The molecule has 0 aromatic heterocycles. The summed E-state index contributed by atoms with van der Waals surface area (Å²) in [5.74, 6) is -0.905. The lowest BCUT2D eigenvalue weighted by molar-refractivity contribution is 0.0742. The van der Waals surface area contributed by atoms with E-state index in [4.69, 9.17) is 0 Å². The van der Waals surface area contributed by atoms with Crippen LogP contribution in [0.5, 0.6) is 0 Å². The summed E-state index contributed by atoms with van der Waals surface area (Å²) in [5.41, 5.74) is 3.58. The second kappa shape index (κ2) is 9.00. The number of carbonyl (C=O) groups excluding carboxylic acids is 2. The first-order valence-corrected chi connectivity index (χ1v) is 10.3. The number of benzene rings is 3. The van der Waals surface area contributed by atoms with E-state index < -0.39 is 5.82 Å². The number of rotatable bonds is 4. The van der Waals surface area contributed by atoms with E-state index in [9.17, 15) is 14.0 Å². The maximum atomic E-state index is 13.9. The normalized spacial score (nSPS) is 13.7. The molecule has 6 heteroatoms. The summed E-state index contributed by atoms with van der Waals surface area (Å²) < 4.78 is 13.9. The summed E-state index contributed by atoms with van der Waals surface area (Å²) in [7, 11) is 0. The topological polar surface area (TPSA) is 52.7 Å². The Hall–Kier alpha value is -3.67. The molecule has 0 bridgehead atoms. The third-order valence-electron chi connectivity index (χ3n) is 5.48. The number of piperazine rings is 1. The van der Waals surface area contributed by atoms with E-state index in [1.807, 2.05) is 43.3 Å². The highest BCUT2D eigenvalue weighted by molar-refractivity contribution is 6.04. The standard InChI is InChI=1S/C25H24FN3O2/c1-18-6-8-19(9-7-18)24(30)27-20-10-12-21(13-11-20)28-14-16-29(17-15-28)25(31)22-4-2-3-5-23(22)26/h2-13H,14-17H2,1H3,(H,27,30). The zero-order valence-electron chi connectivity index (χ0n) is 17.3. The van der Waals surface area contributed by atoms with Crippen molar-refractivity contribution in [3.63, 3.8) is 0 Å². The van der Waals surface area contributed by atoms with Crippen LogP contribution in [-0.2, 0) is 0 Å². The fourth-order valence-electron chi connectivity index (χ4n) is 3.64. The Bertz CT molecular complexity index is 1070. The molecule has 158 valence electrons. The van der Waals surface area contributed by atoms with E-state index in [1.165, 1.54) is 12.1 Å². The molecule has 1 N–H and O–H groups in total. The van der Waals surface area contributed by atoms with E-state index in [1.54, 1.807) is 29.2 Å². The fourth-order valence-corrected chi connectivity index (χ4v) is 3.64. The van der Waals surface area contributed by atoms with Crippen molar-refractivity contribution in [2.45, 2.75) is 6.92 Å². The molecule has 2 amide bonds. The molecule has 0 radical (unpaired) electrons. The Kier molecular flexibility index (Phi) is 5.98. The van der Waals surface area contributed by atoms with Crippen LogP contribution < -0.4 is 10.2 Å². The van der Waals surface area contributed by atoms with Gasteiger partial charge in [0.25, 0.3) is 11.8 Å². The van der Waals surface area contributed by atoms with Gasteiger partial charge in [-0.15, -0.1) is 0 Å². The molecular formula is C25H24FN3O2. The summed E-state index contributed by atoms with van der Waals surface area (Å²) >= 11 is 0. The van der Waals surface area contributed by atoms with Gasteiger partial charge in [0, 0.05) is 43.1 Å². The van der Waals surface area contributed by atoms with Crippen molar-refractivity contribution >= 4 is 23.2 Å². The molecule has 4 rings (SSSR count). The largest absolute Gasteiger partial charge is 0.368 e. The quantitative estimate of drug-likeness (QED) is 0.687. The van der Waals surface area contributed by atoms with Gasteiger partial charge in [-0.3, -0.25) is 9.59 Å². The molecule has 0 saturated carbocycles. The molecule has 0 spiro atoms. The first kappa shape index (κ1) is 20.6. The molecule has 3 aromatic carbocycles. The molecule has 1 fully saturated rings. The van der Waals surface area contributed by atoms with Gasteiger partial charge in [-0.2, -0.15) is 0 Å². The van der Waals surface area contributed by atoms with Gasteiger partial charge in [-0.25, -0.2) is 4.39 Å². The van der Waals surface area contributed by atoms with Crippen LogP contribution in [0.1, 0.15) is 26.3 Å². The molecule has 1 saturated heterocycles. The number of hydrogen-bond acceptors (Lipinski definition) is 3. The van der Waals surface area contributed by atoms with Gasteiger partial charge in [0.05, 0.1) is 5.56 Å². The van der Waals surface area contributed by atoms with Crippen LogP contribution in [0.4, 0.5) is 15.8 Å². The third-order valence-corrected chi connectivity index (χ3v) is 5.48. The highest BCUT2D eigenvalue weighted by atomic mass is 19.1. The predicted molar refractivity (Wildman–Crippen MR) is 120 cm³/mol. The van der Waals surface area contributed by atoms with Gasteiger partial charge in [-0.05, 0) is 55.5 Å². The number of nitrogens with zero attached hydrogens (tertiary/aromatic N) is 2. The predicted octanol–water partition coefficient (Wildman–Crippen LogP) is 4.35. The third kappa shape index (κ3) is 4.74. The van der Waals surface area contributed by atoms with E-state index in [2.05, 4.69) is 10.2 Å². The summed E-state index contributed by atoms with van der Waals surface area (Å²) in [4.78, 5) is 28.8. The zero-order chi connectivity index (χ0) is 21.8. The number of hydrogen-bond donors (Lipinski definition) is 1. The van der Waals surface area contributed by atoms with E-state index in [-0.39, 0.29) is 17.4 Å². The Morgan fingerprint density at radius 2 is 1.48 bits per heavy atom. The number of carbonyl (C=O) groups is 2. The molecular weight excluding hydrogens is 393 g/mol. The minimum Gasteiger partial charge on any atom is -0.368 e. The first-order chi connectivity index (χ1) is 15.0. The van der Waals surface area contributed by atoms with E-state index in [0.717, 1.165) is 16.9 Å². The van der Waals surface area contributed by atoms with Crippen LogP contribution in [-0.4, -0.2) is 42.9 Å². The van der Waals surface area contributed by atoms with Crippen LogP contribution in [0.15, 0.2) is 72.8 Å². The average molecular weight is 417 g/mol. The Labute approximate surface area is 181 Å². The molecule has 0 atom stereocenters. The minimum absolute atomic E-state index is 0.115. The smallest absolute Gasteiger partial charge is 0.256 e. The molecule has 31 heavy (non-hydrogen) atoms. The van der Waals surface area contributed by atoms with Crippen LogP contribution in [0.25, 0.3) is 0 Å². The summed E-state index contributed by atoms with van der Waals surface area (Å²) in [6.45, 7) is 4.36. The van der Waals surface area contributed by atoms with Gasteiger partial charge in [0.15, 0.2) is 0 Å². The van der Waals surface area contributed by atoms with Crippen molar-refractivity contribution in [3.05, 3.63) is 95.3 Å².